The number of amides is 1. The topological polar surface area (TPSA) is 69.4 Å². The van der Waals surface area contributed by atoms with Crippen LogP contribution in [-0.2, 0) is 27.2 Å². The number of aryl methyl sites for hydroxylation is 1. The predicted octanol–water partition coefficient (Wildman–Crippen LogP) is 3.32. The Labute approximate surface area is 149 Å². The summed E-state index contributed by atoms with van der Waals surface area (Å²) in [6, 6.07) is 15.2. The van der Waals surface area contributed by atoms with E-state index in [0.29, 0.717) is 12.0 Å². The lowest BCUT2D eigenvalue weighted by Crippen LogP contribution is -2.31. The maximum Gasteiger partial charge on any atom is 0.310 e. The largest absolute Gasteiger partial charge is 0.447 e. The van der Waals surface area contributed by atoms with Gasteiger partial charge in [-0.1, -0.05) is 52.3 Å². The zero-order valence-corrected chi connectivity index (χ0v) is 14.7. The molecule has 0 radical (unpaired) electrons. The van der Waals surface area contributed by atoms with E-state index in [4.69, 9.17) is 10.5 Å². The van der Waals surface area contributed by atoms with Gasteiger partial charge in [0.15, 0.2) is 0 Å². The Bertz CT molecular complexity index is 775. The van der Waals surface area contributed by atoms with Crippen LogP contribution in [0, 0.1) is 5.92 Å². The number of nitrogens with two attached hydrogens (primary N) is 1. The van der Waals surface area contributed by atoms with Crippen molar-refractivity contribution in [3.63, 3.8) is 0 Å². The molecule has 5 heteroatoms. The number of rotatable bonds is 4. The van der Waals surface area contributed by atoms with E-state index < -0.39 is 12.0 Å². The summed E-state index contributed by atoms with van der Waals surface area (Å²) in [6.07, 6.45) is 1.14. The second-order valence-electron chi connectivity index (χ2n) is 5.98. The van der Waals surface area contributed by atoms with Gasteiger partial charge >= 0.3 is 5.97 Å². The molecule has 0 fully saturated rings. The molecule has 0 aliphatic heterocycles. The van der Waals surface area contributed by atoms with Gasteiger partial charge in [0.05, 0.1) is 5.92 Å². The van der Waals surface area contributed by atoms with Crippen molar-refractivity contribution in [3.8, 4) is 0 Å². The van der Waals surface area contributed by atoms with E-state index in [9.17, 15) is 9.59 Å². The Hall–Kier alpha value is -2.14. The highest BCUT2D eigenvalue weighted by Gasteiger charge is 2.30. The molecule has 1 aliphatic rings. The summed E-state index contributed by atoms with van der Waals surface area (Å²) in [5.74, 6) is -1.28. The number of fused-ring (bicyclic) bond motifs is 1. The Morgan fingerprint density at radius 1 is 1.12 bits per heavy atom. The zero-order chi connectivity index (χ0) is 17.1. The van der Waals surface area contributed by atoms with Crippen LogP contribution < -0.4 is 5.73 Å². The smallest absolute Gasteiger partial charge is 0.310 e. The molecule has 24 heavy (non-hydrogen) atoms. The number of benzene rings is 2. The van der Waals surface area contributed by atoms with Crippen molar-refractivity contribution in [1.29, 1.82) is 0 Å². The van der Waals surface area contributed by atoms with E-state index >= 15 is 0 Å². The Balaban J connectivity index is 1.74. The van der Waals surface area contributed by atoms with Gasteiger partial charge < -0.3 is 10.5 Å². The van der Waals surface area contributed by atoms with Gasteiger partial charge in [0.25, 0.3) is 5.91 Å². The van der Waals surface area contributed by atoms with Crippen LogP contribution in [0.3, 0.4) is 0 Å². The molecule has 4 nitrogen and oxygen atoms in total. The molecule has 2 atom stereocenters. The van der Waals surface area contributed by atoms with Crippen molar-refractivity contribution in [3.05, 3.63) is 69.7 Å². The normalized spacial score (nSPS) is 17.6. The van der Waals surface area contributed by atoms with Crippen LogP contribution in [0.25, 0.3) is 0 Å². The van der Waals surface area contributed by atoms with Crippen LogP contribution >= 0.6 is 15.9 Å². The van der Waals surface area contributed by atoms with Crippen LogP contribution in [0.4, 0.5) is 0 Å². The summed E-state index contributed by atoms with van der Waals surface area (Å²) in [5, 5.41) is 0. The average molecular weight is 388 g/mol. The quantitative estimate of drug-likeness (QED) is 0.817. The van der Waals surface area contributed by atoms with Crippen LogP contribution in [0.5, 0.6) is 0 Å². The fraction of sp³-hybridized carbons (Fsp3) is 0.263. The number of hydrogen-bond donors (Lipinski definition) is 1. The lowest BCUT2D eigenvalue weighted by molar-refractivity contribution is -0.159. The minimum absolute atomic E-state index is 0.242. The second kappa shape index (κ2) is 7.18. The lowest BCUT2D eigenvalue weighted by Gasteiger charge is -2.25. The highest BCUT2D eigenvalue weighted by atomic mass is 79.9. The van der Waals surface area contributed by atoms with E-state index in [1.165, 1.54) is 11.1 Å². The zero-order valence-electron chi connectivity index (χ0n) is 13.1. The molecular weight excluding hydrogens is 370 g/mol. The van der Waals surface area contributed by atoms with Crippen molar-refractivity contribution < 1.29 is 14.3 Å². The minimum atomic E-state index is -1.06. The molecule has 2 N–H and O–H groups in total. The Morgan fingerprint density at radius 2 is 1.88 bits per heavy atom. The maximum absolute atomic E-state index is 12.5. The van der Waals surface area contributed by atoms with E-state index in [1.54, 1.807) is 18.2 Å². The number of primary amides is 1. The third-order valence-electron chi connectivity index (χ3n) is 4.32. The van der Waals surface area contributed by atoms with Crippen LogP contribution in [-0.4, -0.2) is 11.9 Å². The van der Waals surface area contributed by atoms with Crippen LogP contribution in [0.2, 0.25) is 0 Å². The number of halogens is 1. The highest BCUT2D eigenvalue weighted by molar-refractivity contribution is 9.10. The first kappa shape index (κ1) is 16.7. The number of esters is 1. The van der Waals surface area contributed by atoms with Crippen molar-refractivity contribution >= 4 is 27.8 Å². The van der Waals surface area contributed by atoms with E-state index in [-0.39, 0.29) is 11.9 Å². The van der Waals surface area contributed by atoms with Gasteiger partial charge in [-0.15, -0.1) is 0 Å². The molecule has 1 aliphatic carbocycles. The Kier molecular flexibility index (Phi) is 5.00. The van der Waals surface area contributed by atoms with Gasteiger partial charge in [-0.2, -0.15) is 0 Å². The fourth-order valence-electron chi connectivity index (χ4n) is 3.07. The van der Waals surface area contributed by atoms with E-state index in [1.807, 2.05) is 24.3 Å². The first-order valence-corrected chi connectivity index (χ1v) is 8.66. The molecule has 2 unspecified atom stereocenters. The van der Waals surface area contributed by atoms with Crippen molar-refractivity contribution in [2.24, 2.45) is 11.7 Å². The van der Waals surface area contributed by atoms with Gasteiger partial charge in [-0.05, 0) is 42.5 Å². The van der Waals surface area contributed by atoms with E-state index in [0.717, 1.165) is 17.3 Å². The predicted molar refractivity (Wildman–Crippen MR) is 94.1 cm³/mol. The summed E-state index contributed by atoms with van der Waals surface area (Å²) in [6.45, 7) is 0. The van der Waals surface area contributed by atoms with Crippen molar-refractivity contribution in [2.75, 3.05) is 0 Å². The molecule has 0 saturated heterocycles. The lowest BCUT2D eigenvalue weighted by atomic mass is 9.84. The molecule has 0 bridgehead atoms. The number of carbonyl (C=O) groups is 2. The first-order valence-electron chi connectivity index (χ1n) is 7.86. The van der Waals surface area contributed by atoms with E-state index in [2.05, 4.69) is 22.0 Å². The average Bonchev–Trinajstić information content (AvgIpc) is 2.58. The molecule has 0 aromatic heterocycles. The van der Waals surface area contributed by atoms with Gasteiger partial charge in [-0.3, -0.25) is 9.59 Å². The summed E-state index contributed by atoms with van der Waals surface area (Å²) >= 11 is 3.35. The van der Waals surface area contributed by atoms with Crippen molar-refractivity contribution in [2.45, 2.75) is 25.4 Å². The minimum Gasteiger partial charge on any atom is -0.447 e. The molecule has 0 heterocycles. The number of ether oxygens (including phenoxy) is 1. The van der Waals surface area contributed by atoms with Gasteiger partial charge in [0.1, 0.15) is 0 Å². The van der Waals surface area contributed by atoms with Gasteiger partial charge in [0.2, 0.25) is 6.10 Å². The SMILES string of the molecule is NC(=O)C(OC(=O)C1CCc2ccccc2C1)c1cccc(Br)c1. The molecule has 2 aromatic rings. The van der Waals surface area contributed by atoms with Crippen LogP contribution in [0.1, 0.15) is 29.2 Å². The Morgan fingerprint density at radius 3 is 2.58 bits per heavy atom. The monoisotopic (exact) mass is 387 g/mol. The highest BCUT2D eigenvalue weighted by Crippen LogP contribution is 2.29. The van der Waals surface area contributed by atoms with Crippen molar-refractivity contribution in [1.82, 2.24) is 0 Å². The van der Waals surface area contributed by atoms with Crippen LogP contribution in [0.15, 0.2) is 53.0 Å². The third kappa shape index (κ3) is 3.67. The maximum atomic E-state index is 12.5. The molecule has 3 rings (SSSR count). The molecule has 0 saturated carbocycles. The summed E-state index contributed by atoms with van der Waals surface area (Å²) < 4.78 is 6.27. The van der Waals surface area contributed by atoms with Gasteiger partial charge in [-0.25, -0.2) is 0 Å². The standard InChI is InChI=1S/C19H18BrNO3/c20-16-7-3-6-14(11-16)17(18(21)22)24-19(23)15-9-8-12-4-1-2-5-13(12)10-15/h1-7,11,15,17H,8-10H2,(H2,21,22). The summed E-state index contributed by atoms with van der Waals surface area (Å²) in [5.41, 5.74) is 8.46. The second-order valence-corrected chi connectivity index (χ2v) is 6.90. The molecule has 0 spiro atoms. The molecular formula is C19H18BrNO3. The first-order chi connectivity index (χ1) is 11.5. The van der Waals surface area contributed by atoms with Gasteiger partial charge in [0, 0.05) is 10.0 Å². The third-order valence-corrected chi connectivity index (χ3v) is 4.82. The number of hydrogen-bond acceptors (Lipinski definition) is 3. The molecule has 2 aromatic carbocycles. The summed E-state index contributed by atoms with van der Waals surface area (Å²) in [7, 11) is 0. The molecule has 124 valence electrons. The number of carbonyl (C=O) groups excluding carboxylic acids is 2. The molecule has 1 amide bonds. The summed E-state index contributed by atoms with van der Waals surface area (Å²) in [4.78, 5) is 24.3. The fourth-order valence-corrected chi connectivity index (χ4v) is 3.49.